The van der Waals surface area contributed by atoms with Crippen LogP contribution in [0.3, 0.4) is 0 Å². The van der Waals surface area contributed by atoms with Crippen LogP contribution in [-0.2, 0) is 24.0 Å². The van der Waals surface area contributed by atoms with Gasteiger partial charge in [-0.2, -0.15) is 0 Å². The smallest absolute Gasteiger partial charge is 0.326 e. The Morgan fingerprint density at radius 3 is 1.05 bits per heavy atom. The second-order valence-electron chi connectivity index (χ2n) is 15.3. The first kappa shape index (κ1) is 48.9. The van der Waals surface area contributed by atoms with Crippen LogP contribution in [-0.4, -0.2) is 172 Å². The molecule has 4 heterocycles. The first-order chi connectivity index (χ1) is 28.3. The Morgan fingerprint density at radius 1 is 0.433 bits per heavy atom. The normalized spacial score (nSPS) is 26.3. The number of carbonyl (C=O) groups is 7. The Bertz CT molecular complexity index is 1720. The first-order valence-corrected chi connectivity index (χ1v) is 20.0. The molecule has 4 saturated heterocycles. The molecule has 4 aliphatic heterocycles. The van der Waals surface area contributed by atoms with E-state index in [-0.39, 0.29) is 61.8 Å². The lowest BCUT2D eigenvalue weighted by molar-refractivity contribution is -0.153. The maximum atomic E-state index is 12.2. The number of aliphatic carboxylic acids is 3. The van der Waals surface area contributed by atoms with Crippen molar-refractivity contribution in [3.8, 4) is 0 Å². The lowest BCUT2D eigenvalue weighted by Gasteiger charge is -2.36. The Labute approximate surface area is 348 Å². The minimum Gasteiger partial charge on any atom is -0.480 e. The quantitative estimate of drug-likeness (QED) is 0.224. The Kier molecular flexibility index (Phi) is 19.1. The number of carboxylic acids is 3. The van der Waals surface area contributed by atoms with Gasteiger partial charge in [0, 0.05) is 57.2 Å². The summed E-state index contributed by atoms with van der Waals surface area (Å²) in [5.74, 6) is -3.94. The van der Waals surface area contributed by atoms with Crippen LogP contribution in [0, 0.1) is 0 Å². The monoisotopic (exact) mass is 842 g/mol. The summed E-state index contributed by atoms with van der Waals surface area (Å²) in [7, 11) is 0. The third-order valence-corrected chi connectivity index (χ3v) is 10.8. The largest absolute Gasteiger partial charge is 0.480 e. The molecule has 0 bridgehead atoms. The Hall–Kier alpha value is -5.43. The van der Waals surface area contributed by atoms with Gasteiger partial charge in [0.25, 0.3) is 11.8 Å². The number of hydrogen-bond donors (Lipinski definition) is 7. The number of aliphatic hydroxyl groups is 4. The van der Waals surface area contributed by atoms with Crippen molar-refractivity contribution >= 4 is 41.5 Å². The summed E-state index contributed by atoms with van der Waals surface area (Å²) in [6, 6.07) is 15.6. The van der Waals surface area contributed by atoms with E-state index in [1.807, 2.05) is 37.3 Å². The number of β-amino-alcohol motifs (C(OH)–C–C–N with tert-alkyl or cyclic N) is 4. The van der Waals surface area contributed by atoms with Crippen molar-refractivity contribution in [1.29, 1.82) is 0 Å². The molecular weight excluding hydrogens is 784 g/mol. The summed E-state index contributed by atoms with van der Waals surface area (Å²) in [4.78, 5) is 84.4. The molecule has 0 radical (unpaired) electrons. The summed E-state index contributed by atoms with van der Waals surface area (Å²) in [6.07, 6.45) is 1.73. The van der Waals surface area contributed by atoms with Crippen LogP contribution in [0.15, 0.2) is 60.7 Å². The molecule has 330 valence electrons. The van der Waals surface area contributed by atoms with E-state index in [1.54, 1.807) is 35.2 Å². The van der Waals surface area contributed by atoms with Crippen LogP contribution >= 0.6 is 0 Å². The second kappa shape index (κ2) is 23.4. The molecule has 4 amide bonds. The summed E-state index contributed by atoms with van der Waals surface area (Å²) in [6.45, 7) is 5.45. The molecule has 6 rings (SSSR count). The molecule has 8 atom stereocenters. The maximum Gasteiger partial charge on any atom is 0.326 e. The average molecular weight is 843 g/mol. The number of benzene rings is 2. The second-order valence-corrected chi connectivity index (χ2v) is 15.3. The van der Waals surface area contributed by atoms with E-state index in [4.69, 9.17) is 15.3 Å². The molecule has 60 heavy (non-hydrogen) atoms. The number of carboxylic acid groups (broad SMARTS) is 3. The summed E-state index contributed by atoms with van der Waals surface area (Å²) in [5.41, 5.74) is 1.14. The van der Waals surface area contributed by atoms with Crippen LogP contribution in [0.25, 0.3) is 0 Å². The lowest BCUT2D eigenvalue weighted by atomic mass is 9.99. The SMILES string of the molecule is CC(=O)N1C[C@@H](O)CC[C@@H]1C(=O)O.CC(=O)N1C[C@@H](O)CC[C@H]1C(=O)O.C[C@H]1CC[C@H](O)CN1C(=O)c1ccccc1.O=C(O)[C@@H]1CC[C@H](O)CN1C(=O)c1ccccc1. The van der Waals surface area contributed by atoms with Gasteiger partial charge < -0.3 is 55.3 Å². The molecule has 0 unspecified atom stereocenters. The number of aliphatic hydroxyl groups excluding tert-OH is 4. The van der Waals surface area contributed by atoms with Gasteiger partial charge in [0.1, 0.15) is 18.1 Å². The van der Waals surface area contributed by atoms with Crippen molar-refractivity contribution < 1.29 is 69.3 Å². The Balaban J connectivity index is 0.000000216. The zero-order valence-electron chi connectivity index (χ0n) is 34.2. The maximum absolute atomic E-state index is 12.2. The van der Waals surface area contributed by atoms with E-state index in [0.717, 1.165) is 12.8 Å². The molecule has 0 aromatic heterocycles. The van der Waals surface area contributed by atoms with Gasteiger partial charge in [-0.25, -0.2) is 14.4 Å². The van der Waals surface area contributed by atoms with Crippen LogP contribution < -0.4 is 0 Å². The minimum absolute atomic E-state index is 0.0202. The van der Waals surface area contributed by atoms with Gasteiger partial charge in [0.2, 0.25) is 11.8 Å². The molecular formula is C42H58N4O14. The van der Waals surface area contributed by atoms with E-state index >= 15 is 0 Å². The van der Waals surface area contributed by atoms with Crippen LogP contribution in [0.1, 0.15) is 92.9 Å². The molecule has 0 saturated carbocycles. The first-order valence-electron chi connectivity index (χ1n) is 20.0. The van der Waals surface area contributed by atoms with Gasteiger partial charge in [-0.3, -0.25) is 19.2 Å². The van der Waals surface area contributed by atoms with Crippen molar-refractivity contribution in [3.05, 3.63) is 71.8 Å². The van der Waals surface area contributed by atoms with Crippen LogP contribution in [0.5, 0.6) is 0 Å². The van der Waals surface area contributed by atoms with Crippen molar-refractivity contribution in [1.82, 2.24) is 19.6 Å². The van der Waals surface area contributed by atoms with Gasteiger partial charge >= 0.3 is 17.9 Å². The standard InChI is InChI=1S/C13H15NO4.C13H17NO2.2C8H13NO4/c15-10-6-7-11(13(17)18)14(8-10)12(16)9-4-2-1-3-5-9;1-10-7-8-12(15)9-14(10)13(16)11-5-3-2-4-6-11;2*1-5(10)9-4-6(11)2-3-7(9)8(12)13/h1-5,10-11,15H,6-8H2,(H,17,18);2-6,10,12,15H,7-9H2,1H3;2*6-7,11H,2-4H2,1H3,(H,12,13)/t10-,11-;10-,12-;6-,7+;6-,7-/m0000/s1. The number of piperidine rings is 4. The van der Waals surface area contributed by atoms with Crippen molar-refractivity contribution in [2.45, 2.75) is 121 Å². The molecule has 18 nitrogen and oxygen atoms in total. The highest BCUT2D eigenvalue weighted by molar-refractivity contribution is 5.97. The van der Waals surface area contributed by atoms with Crippen LogP contribution in [0.4, 0.5) is 0 Å². The number of carbonyl (C=O) groups excluding carboxylic acids is 4. The van der Waals surface area contributed by atoms with E-state index in [2.05, 4.69) is 0 Å². The molecule has 2 aromatic carbocycles. The summed E-state index contributed by atoms with van der Waals surface area (Å²) in [5, 5.41) is 64.3. The predicted octanol–water partition coefficient (Wildman–Crippen LogP) is 1.29. The fourth-order valence-corrected chi connectivity index (χ4v) is 7.41. The third kappa shape index (κ3) is 14.4. The van der Waals surface area contributed by atoms with E-state index in [0.29, 0.717) is 49.8 Å². The molecule has 0 spiro atoms. The molecule has 4 aliphatic rings. The molecule has 2 aromatic rings. The lowest BCUT2D eigenvalue weighted by Crippen LogP contribution is -2.52. The summed E-state index contributed by atoms with van der Waals surface area (Å²) < 4.78 is 0. The fourth-order valence-electron chi connectivity index (χ4n) is 7.41. The van der Waals surface area contributed by atoms with Gasteiger partial charge in [-0.1, -0.05) is 36.4 Å². The zero-order chi connectivity index (χ0) is 44.7. The molecule has 4 fully saturated rings. The van der Waals surface area contributed by atoms with Crippen LogP contribution in [0.2, 0.25) is 0 Å². The topological polar surface area (TPSA) is 274 Å². The minimum atomic E-state index is -1.02. The van der Waals surface area contributed by atoms with Gasteiger partial charge in [0.15, 0.2) is 0 Å². The van der Waals surface area contributed by atoms with Crippen molar-refractivity contribution in [3.63, 3.8) is 0 Å². The average Bonchev–Trinajstić information content (AvgIpc) is 3.22. The van der Waals surface area contributed by atoms with Gasteiger partial charge in [-0.15, -0.1) is 0 Å². The van der Waals surface area contributed by atoms with Gasteiger partial charge in [0.05, 0.1) is 24.4 Å². The van der Waals surface area contributed by atoms with Crippen molar-refractivity contribution in [2.75, 3.05) is 26.2 Å². The van der Waals surface area contributed by atoms with E-state index in [9.17, 15) is 54.0 Å². The van der Waals surface area contributed by atoms with Gasteiger partial charge in [-0.05, 0) is 82.6 Å². The highest BCUT2D eigenvalue weighted by atomic mass is 16.4. The van der Waals surface area contributed by atoms with Crippen molar-refractivity contribution in [2.24, 2.45) is 0 Å². The molecule has 0 aliphatic carbocycles. The molecule has 18 heteroatoms. The number of likely N-dealkylation sites (tertiary alicyclic amines) is 4. The highest BCUT2D eigenvalue weighted by Gasteiger charge is 2.37. The zero-order valence-corrected chi connectivity index (χ0v) is 34.2. The number of nitrogens with zero attached hydrogens (tertiary/aromatic N) is 4. The number of rotatable bonds is 5. The van der Waals surface area contributed by atoms with E-state index in [1.165, 1.54) is 28.5 Å². The fraction of sp³-hybridized carbons (Fsp3) is 0.548. The molecule has 7 N–H and O–H groups in total. The number of amides is 4. The highest BCUT2D eigenvalue weighted by Crippen LogP contribution is 2.22. The number of hydrogen-bond acceptors (Lipinski definition) is 11. The van der Waals surface area contributed by atoms with E-state index < -0.39 is 54.3 Å². The third-order valence-electron chi connectivity index (χ3n) is 10.8. The summed E-state index contributed by atoms with van der Waals surface area (Å²) >= 11 is 0. The predicted molar refractivity (Wildman–Crippen MR) is 214 cm³/mol. The Morgan fingerprint density at radius 2 is 0.717 bits per heavy atom.